The van der Waals surface area contributed by atoms with Crippen molar-refractivity contribution in [1.29, 1.82) is 0 Å². The number of nitrogens with one attached hydrogen (secondary N) is 1. The molecule has 1 aliphatic heterocycles. The summed E-state index contributed by atoms with van der Waals surface area (Å²) in [7, 11) is 0. The summed E-state index contributed by atoms with van der Waals surface area (Å²) in [5.41, 5.74) is 3.58. The van der Waals surface area contributed by atoms with Crippen LogP contribution in [0.5, 0.6) is 0 Å². The van der Waals surface area contributed by atoms with E-state index < -0.39 is 0 Å². The summed E-state index contributed by atoms with van der Waals surface area (Å²) < 4.78 is 1.72. The normalized spacial score (nSPS) is 16.2. The van der Waals surface area contributed by atoms with Crippen LogP contribution in [-0.4, -0.2) is 36.0 Å². The average molecular weight is 458 g/mol. The van der Waals surface area contributed by atoms with Crippen LogP contribution in [-0.2, 0) is 0 Å². The minimum Gasteiger partial charge on any atom is -0.344 e. The molecule has 2 aromatic carbocycles. The van der Waals surface area contributed by atoms with Gasteiger partial charge in [-0.1, -0.05) is 35.9 Å². The van der Waals surface area contributed by atoms with Gasteiger partial charge in [0, 0.05) is 6.54 Å². The summed E-state index contributed by atoms with van der Waals surface area (Å²) in [5, 5.41) is 0.823. The number of halogens is 1. The van der Waals surface area contributed by atoms with Crippen LogP contribution in [0.2, 0.25) is 5.02 Å². The Kier molecular flexibility index (Phi) is 4.62. The number of hydrogen-bond donors (Lipinski definition) is 1. The van der Waals surface area contributed by atoms with Crippen LogP contribution >= 0.6 is 11.6 Å². The fourth-order valence-corrected chi connectivity index (χ4v) is 4.98. The fraction of sp³-hybridized carbons (Fsp3) is 0.208. The quantitative estimate of drug-likeness (QED) is 0.433. The lowest BCUT2D eigenvalue weighted by molar-refractivity contribution is 0.633. The lowest BCUT2D eigenvalue weighted by Crippen LogP contribution is -2.32. The van der Waals surface area contributed by atoms with E-state index in [0.29, 0.717) is 32.9 Å². The molecule has 0 saturated carbocycles. The molecule has 0 amide bonds. The van der Waals surface area contributed by atoms with Crippen molar-refractivity contribution in [2.24, 2.45) is 0 Å². The van der Waals surface area contributed by atoms with E-state index in [1.54, 1.807) is 17.0 Å². The molecule has 1 saturated heterocycles. The Morgan fingerprint density at radius 3 is 2.85 bits per heavy atom. The van der Waals surface area contributed by atoms with Gasteiger partial charge in [0.05, 0.1) is 34.0 Å². The number of hydrogen-bond acceptors (Lipinski definition) is 6. The van der Waals surface area contributed by atoms with E-state index in [1.807, 2.05) is 43.3 Å². The van der Waals surface area contributed by atoms with Crippen LogP contribution in [0.1, 0.15) is 30.3 Å². The molecule has 5 aromatic rings. The van der Waals surface area contributed by atoms with Crippen molar-refractivity contribution in [3.8, 4) is 5.69 Å². The number of nitrogens with zero attached hydrogens (tertiary/aromatic N) is 6. The van der Waals surface area contributed by atoms with Crippen LogP contribution < -0.4 is 10.5 Å². The first-order valence-corrected chi connectivity index (χ1v) is 11.2. The molecule has 1 fully saturated rings. The van der Waals surface area contributed by atoms with E-state index in [2.05, 4.69) is 24.8 Å². The maximum atomic E-state index is 13.9. The molecule has 3 aromatic heterocycles. The number of anilines is 1. The summed E-state index contributed by atoms with van der Waals surface area (Å²) in [5.74, 6) is 1.41. The highest BCUT2D eigenvalue weighted by Gasteiger charge is 2.33. The molecule has 9 heteroatoms. The van der Waals surface area contributed by atoms with Crippen LogP contribution in [0.15, 0.2) is 59.9 Å². The number of fused-ring (bicyclic) bond motifs is 2. The third-order valence-electron chi connectivity index (χ3n) is 6.25. The first-order chi connectivity index (χ1) is 16.1. The van der Waals surface area contributed by atoms with Gasteiger partial charge in [0.25, 0.3) is 5.56 Å². The summed E-state index contributed by atoms with van der Waals surface area (Å²) >= 11 is 6.46. The summed E-state index contributed by atoms with van der Waals surface area (Å²) in [6.07, 6.45) is 4.93. The second-order valence-electron chi connectivity index (χ2n) is 8.18. The monoisotopic (exact) mass is 457 g/mol. The van der Waals surface area contributed by atoms with Crippen LogP contribution in [0.4, 0.5) is 5.82 Å². The summed E-state index contributed by atoms with van der Waals surface area (Å²) in [6.45, 7) is 2.77. The Labute approximate surface area is 193 Å². The minimum absolute atomic E-state index is 0.157. The highest BCUT2D eigenvalue weighted by atomic mass is 35.5. The Bertz CT molecular complexity index is 1570. The molecule has 0 spiro atoms. The van der Waals surface area contributed by atoms with E-state index in [-0.39, 0.29) is 11.6 Å². The number of para-hydroxylation sites is 1. The van der Waals surface area contributed by atoms with Gasteiger partial charge in [-0.2, -0.15) is 0 Å². The van der Waals surface area contributed by atoms with Crippen molar-refractivity contribution < 1.29 is 0 Å². The van der Waals surface area contributed by atoms with Crippen molar-refractivity contribution in [3.05, 3.63) is 81.9 Å². The van der Waals surface area contributed by atoms with Crippen LogP contribution in [0.3, 0.4) is 0 Å². The molecule has 4 heterocycles. The number of aromatic amines is 1. The SMILES string of the molecule is Cc1ccccc1-n1c(C2CCCN2c2ncnc3[nH]cnc23)nc2cccc(Cl)c2c1=O. The predicted octanol–water partition coefficient (Wildman–Crippen LogP) is 4.36. The van der Waals surface area contributed by atoms with Crippen LogP contribution in [0.25, 0.3) is 27.8 Å². The zero-order chi connectivity index (χ0) is 22.5. The van der Waals surface area contributed by atoms with Crippen molar-refractivity contribution in [1.82, 2.24) is 29.5 Å². The highest BCUT2D eigenvalue weighted by Crippen LogP contribution is 2.37. The number of H-pyrrole nitrogens is 1. The molecule has 8 nitrogen and oxygen atoms in total. The Morgan fingerprint density at radius 2 is 1.97 bits per heavy atom. The molecule has 0 bridgehead atoms. The molecular formula is C24H20ClN7O. The Morgan fingerprint density at radius 1 is 1.09 bits per heavy atom. The number of imidazole rings is 1. The van der Waals surface area contributed by atoms with Gasteiger partial charge in [-0.15, -0.1) is 0 Å². The molecule has 0 radical (unpaired) electrons. The molecule has 33 heavy (non-hydrogen) atoms. The van der Waals surface area contributed by atoms with Crippen LogP contribution in [0, 0.1) is 6.92 Å². The van der Waals surface area contributed by atoms with Gasteiger partial charge >= 0.3 is 0 Å². The summed E-state index contributed by atoms with van der Waals surface area (Å²) in [4.78, 5) is 37.4. The third-order valence-corrected chi connectivity index (χ3v) is 6.56. The van der Waals surface area contributed by atoms with Gasteiger partial charge in [-0.3, -0.25) is 9.36 Å². The molecule has 1 aliphatic rings. The van der Waals surface area contributed by atoms with E-state index in [0.717, 1.165) is 36.5 Å². The van der Waals surface area contributed by atoms with E-state index in [9.17, 15) is 4.79 Å². The number of benzene rings is 2. The first kappa shape index (κ1) is 19.9. The fourth-order valence-electron chi connectivity index (χ4n) is 4.73. The van der Waals surface area contributed by atoms with E-state index in [1.165, 1.54) is 6.33 Å². The number of rotatable bonds is 3. The molecule has 1 N–H and O–H groups in total. The summed E-state index contributed by atoms with van der Waals surface area (Å²) in [6, 6.07) is 13.1. The van der Waals surface area contributed by atoms with E-state index in [4.69, 9.17) is 16.6 Å². The molecule has 6 rings (SSSR count). The Hall–Kier alpha value is -3.78. The van der Waals surface area contributed by atoms with Crippen molar-refractivity contribution in [2.45, 2.75) is 25.8 Å². The maximum absolute atomic E-state index is 13.9. The lowest BCUT2D eigenvalue weighted by atomic mass is 10.1. The largest absolute Gasteiger partial charge is 0.344 e. The van der Waals surface area contributed by atoms with Crippen molar-refractivity contribution >= 4 is 39.5 Å². The molecule has 0 aliphatic carbocycles. The first-order valence-electron chi connectivity index (χ1n) is 10.8. The zero-order valence-electron chi connectivity index (χ0n) is 17.9. The van der Waals surface area contributed by atoms with Gasteiger partial charge < -0.3 is 9.88 Å². The van der Waals surface area contributed by atoms with Gasteiger partial charge in [0.1, 0.15) is 17.7 Å². The second kappa shape index (κ2) is 7.67. The smallest absolute Gasteiger partial charge is 0.267 e. The second-order valence-corrected chi connectivity index (χ2v) is 8.59. The van der Waals surface area contributed by atoms with Gasteiger partial charge in [-0.25, -0.2) is 19.9 Å². The number of aromatic nitrogens is 6. The van der Waals surface area contributed by atoms with Gasteiger partial charge in [-0.05, 0) is 43.5 Å². The Balaban J connectivity index is 1.63. The third kappa shape index (κ3) is 3.09. The minimum atomic E-state index is -0.172. The topological polar surface area (TPSA) is 92.6 Å². The van der Waals surface area contributed by atoms with Crippen molar-refractivity contribution in [3.63, 3.8) is 0 Å². The molecule has 164 valence electrons. The van der Waals surface area contributed by atoms with Gasteiger partial charge in [0.2, 0.25) is 0 Å². The highest BCUT2D eigenvalue weighted by molar-refractivity contribution is 6.35. The lowest BCUT2D eigenvalue weighted by Gasteiger charge is -2.28. The standard InChI is InChI=1S/C24H20ClN7O/c1-14-6-2-3-9-17(14)32-22(30-16-8-4-7-15(25)19(16)24(32)33)18-10-5-11-31(18)23-20-21(27-12-26-20)28-13-29-23/h2-4,6-9,12-13,18H,5,10-11H2,1H3,(H,26,27,28,29). The van der Waals surface area contributed by atoms with E-state index >= 15 is 0 Å². The molecule has 1 atom stereocenters. The predicted molar refractivity (Wildman–Crippen MR) is 128 cm³/mol. The van der Waals surface area contributed by atoms with Gasteiger partial charge in [0.15, 0.2) is 11.5 Å². The number of aryl methyl sites for hydroxylation is 1. The van der Waals surface area contributed by atoms with Crippen molar-refractivity contribution in [2.75, 3.05) is 11.4 Å². The molecule has 1 unspecified atom stereocenters. The maximum Gasteiger partial charge on any atom is 0.267 e. The average Bonchev–Trinajstić information content (AvgIpc) is 3.49. The molecular weight excluding hydrogens is 438 g/mol. The zero-order valence-corrected chi connectivity index (χ0v) is 18.6.